The zero-order valence-corrected chi connectivity index (χ0v) is 32.5. The lowest BCUT2D eigenvalue weighted by molar-refractivity contribution is 1.28. The van der Waals surface area contributed by atoms with Crippen molar-refractivity contribution in [3.8, 4) is 44.5 Å². The van der Waals surface area contributed by atoms with E-state index in [1.165, 1.54) is 86.2 Å². The summed E-state index contributed by atoms with van der Waals surface area (Å²) in [5.74, 6) is 0. The van der Waals surface area contributed by atoms with Crippen molar-refractivity contribution in [1.82, 2.24) is 0 Å². The number of anilines is 3. The van der Waals surface area contributed by atoms with E-state index in [0.29, 0.717) is 0 Å². The zero-order chi connectivity index (χ0) is 38.4. The number of hydrogen-bond donors (Lipinski definition) is 0. The minimum atomic E-state index is 1.09. The van der Waals surface area contributed by atoms with Gasteiger partial charge in [0.05, 0.1) is 11.4 Å². The predicted molar refractivity (Wildman–Crippen MR) is 251 cm³/mol. The Bertz CT molecular complexity index is 3290. The quantitative estimate of drug-likeness (QED) is 0.157. The van der Waals surface area contributed by atoms with E-state index in [1.807, 2.05) is 11.3 Å². The zero-order valence-electron chi connectivity index (χ0n) is 31.7. The van der Waals surface area contributed by atoms with Crippen LogP contribution in [-0.2, 0) is 0 Å². The molecule has 0 spiro atoms. The van der Waals surface area contributed by atoms with Crippen LogP contribution < -0.4 is 4.90 Å². The van der Waals surface area contributed by atoms with E-state index in [1.54, 1.807) is 0 Å². The van der Waals surface area contributed by atoms with Gasteiger partial charge >= 0.3 is 0 Å². The number of fused-ring (bicyclic) bond motifs is 5. The molecule has 0 N–H and O–H groups in total. The number of benzene rings is 10. The van der Waals surface area contributed by atoms with Crippen LogP contribution in [0.1, 0.15) is 0 Å². The fourth-order valence-corrected chi connectivity index (χ4v) is 9.79. The van der Waals surface area contributed by atoms with Crippen molar-refractivity contribution in [2.75, 3.05) is 4.90 Å². The Morgan fingerprint density at radius 3 is 1.60 bits per heavy atom. The molecular weight excluding hydrogens is 719 g/mol. The molecule has 0 saturated carbocycles. The summed E-state index contributed by atoms with van der Waals surface area (Å²) >= 11 is 1.88. The minimum absolute atomic E-state index is 1.09. The van der Waals surface area contributed by atoms with Gasteiger partial charge in [-0.3, -0.25) is 0 Å². The Kier molecular flexibility index (Phi) is 8.42. The van der Waals surface area contributed by atoms with Crippen LogP contribution in [0.15, 0.2) is 224 Å². The van der Waals surface area contributed by atoms with Crippen LogP contribution >= 0.6 is 11.3 Å². The molecule has 1 heterocycles. The summed E-state index contributed by atoms with van der Waals surface area (Å²) in [6, 6.07) is 82.1. The van der Waals surface area contributed by atoms with Crippen molar-refractivity contribution in [2.24, 2.45) is 0 Å². The van der Waals surface area contributed by atoms with Gasteiger partial charge in [0.15, 0.2) is 0 Å². The average molecular weight is 756 g/mol. The van der Waals surface area contributed by atoms with E-state index in [0.717, 1.165) is 17.1 Å². The van der Waals surface area contributed by atoms with Crippen LogP contribution in [0.25, 0.3) is 86.2 Å². The van der Waals surface area contributed by atoms with E-state index in [9.17, 15) is 0 Å². The van der Waals surface area contributed by atoms with E-state index >= 15 is 0 Å². The maximum Gasteiger partial charge on any atom is 0.0546 e. The highest BCUT2D eigenvalue weighted by Crippen LogP contribution is 2.49. The molecule has 11 rings (SSSR count). The first-order valence-electron chi connectivity index (χ1n) is 19.8. The van der Waals surface area contributed by atoms with Gasteiger partial charge in [-0.05, 0) is 91.8 Å². The number of thiophene rings is 1. The van der Waals surface area contributed by atoms with Crippen molar-refractivity contribution in [3.63, 3.8) is 0 Å². The van der Waals surface area contributed by atoms with E-state index in [4.69, 9.17) is 0 Å². The molecule has 0 radical (unpaired) electrons. The molecule has 0 aliphatic carbocycles. The molecule has 1 nitrogen and oxygen atoms in total. The summed E-state index contributed by atoms with van der Waals surface area (Å²) in [7, 11) is 0. The van der Waals surface area contributed by atoms with Crippen LogP contribution in [0.5, 0.6) is 0 Å². The van der Waals surface area contributed by atoms with Gasteiger partial charge in [0, 0.05) is 42.6 Å². The van der Waals surface area contributed by atoms with Gasteiger partial charge in [-0.15, -0.1) is 11.3 Å². The smallest absolute Gasteiger partial charge is 0.0546 e. The third-order valence-electron chi connectivity index (χ3n) is 11.5. The molecule has 0 unspecified atom stereocenters. The molecule has 0 amide bonds. The number of rotatable bonds is 7. The second kappa shape index (κ2) is 14.4. The van der Waals surface area contributed by atoms with Crippen LogP contribution in [0.3, 0.4) is 0 Å². The van der Waals surface area contributed by atoms with Gasteiger partial charge in [0.1, 0.15) is 0 Å². The highest BCUT2D eigenvalue weighted by molar-refractivity contribution is 7.26. The molecule has 2 heteroatoms. The fourth-order valence-electron chi connectivity index (χ4n) is 8.56. The van der Waals surface area contributed by atoms with E-state index in [2.05, 4.69) is 229 Å². The van der Waals surface area contributed by atoms with Gasteiger partial charge in [-0.2, -0.15) is 0 Å². The lowest BCUT2D eigenvalue weighted by atomic mass is 9.94. The Hall–Kier alpha value is -7.26. The molecule has 0 aliphatic heterocycles. The predicted octanol–water partition coefficient (Wildman–Crippen LogP) is 16.5. The standard InChI is InChI=1S/C56H37NS/c1-2-15-41(16-3-1)48-34-31-46(45-28-26-39-14-5-7-18-43(39)36-45)37-54(48)57(47-32-29-40(30-33-47)44-27-25-38-13-4-6-17-42(38)35-44)53-23-10-8-19-49(53)51-21-12-22-52-50-20-9-11-24-55(50)58-56(51)52/h1-37H. The number of hydrogen-bond acceptors (Lipinski definition) is 2. The Morgan fingerprint density at radius 2 is 0.845 bits per heavy atom. The topological polar surface area (TPSA) is 3.24 Å². The Balaban J connectivity index is 1.15. The lowest BCUT2D eigenvalue weighted by Crippen LogP contribution is -2.12. The van der Waals surface area contributed by atoms with Gasteiger partial charge < -0.3 is 4.90 Å². The largest absolute Gasteiger partial charge is 0.309 e. The Morgan fingerprint density at radius 1 is 0.293 bits per heavy atom. The molecule has 272 valence electrons. The molecule has 0 saturated heterocycles. The summed E-state index contributed by atoms with van der Waals surface area (Å²) in [6.07, 6.45) is 0. The van der Waals surface area contributed by atoms with Gasteiger partial charge in [-0.25, -0.2) is 0 Å². The molecule has 0 atom stereocenters. The van der Waals surface area contributed by atoms with Crippen molar-refractivity contribution < 1.29 is 0 Å². The fraction of sp³-hybridized carbons (Fsp3) is 0. The summed E-state index contributed by atoms with van der Waals surface area (Å²) in [4.78, 5) is 2.48. The van der Waals surface area contributed by atoms with Crippen LogP contribution in [0.2, 0.25) is 0 Å². The second-order valence-electron chi connectivity index (χ2n) is 14.9. The van der Waals surface area contributed by atoms with Crippen molar-refractivity contribution in [1.29, 1.82) is 0 Å². The van der Waals surface area contributed by atoms with Crippen molar-refractivity contribution in [3.05, 3.63) is 224 Å². The normalized spacial score (nSPS) is 11.4. The first-order valence-corrected chi connectivity index (χ1v) is 20.6. The molecule has 10 aromatic carbocycles. The molecule has 11 aromatic rings. The molecule has 0 aliphatic rings. The van der Waals surface area contributed by atoms with Crippen molar-refractivity contribution >= 4 is 70.1 Å². The minimum Gasteiger partial charge on any atom is -0.309 e. The third-order valence-corrected chi connectivity index (χ3v) is 12.7. The lowest BCUT2D eigenvalue weighted by Gasteiger charge is -2.30. The SMILES string of the molecule is c1ccc(-c2ccc(-c3ccc4ccccc4c3)cc2N(c2ccc(-c3ccc4ccccc4c3)cc2)c2ccccc2-c2cccc3c2sc2ccccc23)cc1. The summed E-state index contributed by atoms with van der Waals surface area (Å²) in [5, 5.41) is 7.56. The van der Waals surface area contributed by atoms with E-state index in [-0.39, 0.29) is 0 Å². The van der Waals surface area contributed by atoms with Crippen LogP contribution in [-0.4, -0.2) is 0 Å². The summed E-state index contributed by atoms with van der Waals surface area (Å²) in [5.41, 5.74) is 12.8. The molecule has 0 bridgehead atoms. The van der Waals surface area contributed by atoms with Gasteiger partial charge in [-0.1, -0.05) is 182 Å². The van der Waals surface area contributed by atoms with Crippen LogP contribution in [0.4, 0.5) is 17.1 Å². The van der Waals surface area contributed by atoms with Crippen molar-refractivity contribution in [2.45, 2.75) is 0 Å². The maximum atomic E-state index is 2.48. The highest BCUT2D eigenvalue weighted by atomic mass is 32.1. The van der Waals surface area contributed by atoms with Gasteiger partial charge in [0.25, 0.3) is 0 Å². The summed E-state index contributed by atoms with van der Waals surface area (Å²) in [6.45, 7) is 0. The monoisotopic (exact) mass is 755 g/mol. The average Bonchev–Trinajstić information content (AvgIpc) is 3.69. The highest BCUT2D eigenvalue weighted by Gasteiger charge is 2.23. The molecule has 58 heavy (non-hydrogen) atoms. The Labute approximate surface area is 342 Å². The second-order valence-corrected chi connectivity index (χ2v) is 16.0. The van der Waals surface area contributed by atoms with E-state index < -0.39 is 0 Å². The number of para-hydroxylation sites is 1. The third kappa shape index (κ3) is 6.03. The first kappa shape index (κ1) is 34.0. The number of nitrogens with zero attached hydrogens (tertiary/aromatic N) is 1. The maximum absolute atomic E-state index is 2.48. The van der Waals surface area contributed by atoms with Gasteiger partial charge in [0.2, 0.25) is 0 Å². The van der Waals surface area contributed by atoms with Crippen LogP contribution in [0, 0.1) is 0 Å². The first-order chi connectivity index (χ1) is 28.7. The molecule has 1 aromatic heterocycles. The summed E-state index contributed by atoms with van der Waals surface area (Å²) < 4.78 is 2.61. The molecular formula is C56H37NS. The molecule has 0 fully saturated rings.